The van der Waals surface area contributed by atoms with Crippen molar-refractivity contribution in [1.82, 2.24) is 10.3 Å². The number of aromatic nitrogens is 1. The average Bonchev–Trinajstić information content (AvgIpc) is 2.35. The molecule has 0 aromatic carbocycles. The minimum atomic E-state index is 0.0401. The molecular weight excluding hydrogens is 200 g/mol. The summed E-state index contributed by atoms with van der Waals surface area (Å²) in [7, 11) is 1.88. The van der Waals surface area contributed by atoms with Crippen LogP contribution in [0.3, 0.4) is 0 Å². The van der Waals surface area contributed by atoms with Crippen molar-refractivity contribution in [3.05, 3.63) is 29.6 Å². The first kappa shape index (κ1) is 11.3. The average molecular weight is 218 g/mol. The van der Waals surface area contributed by atoms with Crippen molar-refractivity contribution in [2.24, 2.45) is 0 Å². The van der Waals surface area contributed by atoms with Crippen molar-refractivity contribution in [3.63, 3.8) is 0 Å². The third kappa shape index (κ3) is 2.30. The van der Waals surface area contributed by atoms with Gasteiger partial charge in [0.05, 0.1) is 11.6 Å². The van der Waals surface area contributed by atoms with E-state index in [1.807, 2.05) is 13.1 Å². The third-order valence-corrected chi connectivity index (χ3v) is 3.21. The van der Waals surface area contributed by atoms with Crippen molar-refractivity contribution in [2.45, 2.75) is 31.6 Å². The standard InChI is InChI=1S/C13H18N2O/c1-14-9-7-12(16)11-6-2-4-10-5-3-8-15-13(10)11/h3,5,8,11,14H,2,4,6-7,9H2,1H3. The number of carbonyl (C=O) groups excluding carboxylic acids is 1. The van der Waals surface area contributed by atoms with Gasteiger partial charge < -0.3 is 5.32 Å². The largest absolute Gasteiger partial charge is 0.319 e. The van der Waals surface area contributed by atoms with Crippen LogP contribution in [-0.4, -0.2) is 24.4 Å². The number of carbonyl (C=O) groups is 1. The Bertz CT molecular complexity index is 376. The van der Waals surface area contributed by atoms with Crippen LogP contribution in [0.15, 0.2) is 18.3 Å². The van der Waals surface area contributed by atoms with Crippen LogP contribution >= 0.6 is 0 Å². The highest BCUT2D eigenvalue weighted by atomic mass is 16.1. The third-order valence-electron chi connectivity index (χ3n) is 3.21. The number of ketones is 1. The molecule has 3 heteroatoms. The highest BCUT2D eigenvalue weighted by molar-refractivity contribution is 5.86. The van der Waals surface area contributed by atoms with Crippen LogP contribution in [0.4, 0.5) is 0 Å². The molecule has 1 aromatic heterocycles. The number of nitrogens with zero attached hydrogens (tertiary/aromatic N) is 1. The van der Waals surface area contributed by atoms with E-state index in [0.717, 1.165) is 31.5 Å². The minimum Gasteiger partial charge on any atom is -0.319 e. The van der Waals surface area contributed by atoms with Crippen LogP contribution in [-0.2, 0) is 11.2 Å². The maximum atomic E-state index is 12.0. The second-order valence-corrected chi connectivity index (χ2v) is 4.31. The van der Waals surface area contributed by atoms with Gasteiger partial charge in [-0.05, 0) is 37.9 Å². The van der Waals surface area contributed by atoms with E-state index in [1.54, 1.807) is 6.20 Å². The van der Waals surface area contributed by atoms with Crippen LogP contribution in [0, 0.1) is 0 Å². The van der Waals surface area contributed by atoms with E-state index in [2.05, 4.69) is 16.4 Å². The van der Waals surface area contributed by atoms with Crippen LogP contribution in [0.1, 0.15) is 36.4 Å². The minimum absolute atomic E-state index is 0.0401. The first-order valence-electron chi connectivity index (χ1n) is 5.94. The van der Waals surface area contributed by atoms with E-state index < -0.39 is 0 Å². The second-order valence-electron chi connectivity index (χ2n) is 4.31. The van der Waals surface area contributed by atoms with Gasteiger partial charge in [-0.25, -0.2) is 0 Å². The lowest BCUT2D eigenvalue weighted by atomic mass is 9.83. The number of rotatable bonds is 4. The lowest BCUT2D eigenvalue weighted by Gasteiger charge is -2.23. The summed E-state index contributed by atoms with van der Waals surface area (Å²) in [6.07, 6.45) is 5.54. The molecule has 0 radical (unpaired) electrons. The zero-order chi connectivity index (χ0) is 11.4. The quantitative estimate of drug-likeness (QED) is 0.836. The molecule has 0 bridgehead atoms. The predicted molar refractivity (Wildman–Crippen MR) is 63.5 cm³/mol. The number of hydrogen-bond acceptors (Lipinski definition) is 3. The van der Waals surface area contributed by atoms with Gasteiger partial charge >= 0.3 is 0 Å². The molecule has 0 fully saturated rings. The molecule has 1 aliphatic carbocycles. The second kappa shape index (κ2) is 5.21. The summed E-state index contributed by atoms with van der Waals surface area (Å²) in [5.74, 6) is 0.368. The molecular formula is C13H18N2O. The fourth-order valence-corrected chi connectivity index (χ4v) is 2.35. The van der Waals surface area contributed by atoms with Crippen LogP contribution in [0.2, 0.25) is 0 Å². The van der Waals surface area contributed by atoms with Gasteiger partial charge in [0, 0.05) is 19.2 Å². The topological polar surface area (TPSA) is 42.0 Å². The number of aryl methyl sites for hydroxylation is 1. The summed E-state index contributed by atoms with van der Waals surface area (Å²) in [5, 5.41) is 3.02. The Morgan fingerprint density at radius 1 is 1.62 bits per heavy atom. The number of hydrogen-bond donors (Lipinski definition) is 1. The van der Waals surface area contributed by atoms with E-state index in [1.165, 1.54) is 5.56 Å². The molecule has 0 saturated carbocycles. The Morgan fingerprint density at radius 2 is 2.50 bits per heavy atom. The van der Waals surface area contributed by atoms with Gasteiger partial charge in [-0.3, -0.25) is 9.78 Å². The molecule has 86 valence electrons. The maximum Gasteiger partial charge on any atom is 0.143 e. The normalized spacial score (nSPS) is 19.2. The van der Waals surface area contributed by atoms with Gasteiger partial charge in [-0.1, -0.05) is 6.07 Å². The number of pyridine rings is 1. The van der Waals surface area contributed by atoms with Crippen LogP contribution in [0.5, 0.6) is 0 Å². The molecule has 0 amide bonds. The van der Waals surface area contributed by atoms with E-state index in [4.69, 9.17) is 0 Å². The zero-order valence-corrected chi connectivity index (χ0v) is 9.70. The number of nitrogens with one attached hydrogen (secondary N) is 1. The molecule has 2 rings (SSSR count). The van der Waals surface area contributed by atoms with Crippen LogP contribution in [0.25, 0.3) is 0 Å². The van der Waals surface area contributed by atoms with Gasteiger partial charge in [0.1, 0.15) is 5.78 Å². The highest BCUT2D eigenvalue weighted by Crippen LogP contribution is 2.30. The molecule has 1 atom stereocenters. The Kier molecular flexibility index (Phi) is 3.67. The van der Waals surface area contributed by atoms with Crippen molar-refractivity contribution in [1.29, 1.82) is 0 Å². The molecule has 1 N–H and O–H groups in total. The molecule has 0 spiro atoms. The zero-order valence-electron chi connectivity index (χ0n) is 9.70. The van der Waals surface area contributed by atoms with E-state index in [-0.39, 0.29) is 5.92 Å². The fraction of sp³-hybridized carbons (Fsp3) is 0.538. The Balaban J connectivity index is 2.15. The Hall–Kier alpha value is -1.22. The van der Waals surface area contributed by atoms with Gasteiger partial charge in [-0.2, -0.15) is 0 Å². The SMILES string of the molecule is CNCCC(=O)C1CCCc2cccnc21. The molecule has 1 unspecified atom stereocenters. The van der Waals surface area contributed by atoms with Crippen molar-refractivity contribution >= 4 is 5.78 Å². The van der Waals surface area contributed by atoms with Gasteiger partial charge in [0.2, 0.25) is 0 Å². The monoisotopic (exact) mass is 218 g/mol. The maximum absolute atomic E-state index is 12.0. The predicted octanol–water partition coefficient (Wildman–Crippen LogP) is 1.68. The first-order valence-corrected chi connectivity index (χ1v) is 5.94. The molecule has 0 aliphatic heterocycles. The highest BCUT2D eigenvalue weighted by Gasteiger charge is 2.26. The molecule has 1 aromatic rings. The molecule has 1 heterocycles. The summed E-state index contributed by atoms with van der Waals surface area (Å²) < 4.78 is 0. The molecule has 0 saturated heterocycles. The van der Waals surface area contributed by atoms with Crippen molar-refractivity contribution < 1.29 is 4.79 Å². The fourth-order valence-electron chi connectivity index (χ4n) is 2.35. The summed E-state index contributed by atoms with van der Waals surface area (Å²) in [4.78, 5) is 16.4. The summed E-state index contributed by atoms with van der Waals surface area (Å²) in [5.41, 5.74) is 2.28. The lowest BCUT2D eigenvalue weighted by Crippen LogP contribution is -2.23. The Labute approximate surface area is 96.3 Å². The van der Waals surface area contributed by atoms with E-state index in [0.29, 0.717) is 12.2 Å². The van der Waals surface area contributed by atoms with Crippen molar-refractivity contribution in [3.8, 4) is 0 Å². The number of Topliss-reactive ketones (excluding diaryl/α,β-unsaturated/α-hetero) is 1. The Morgan fingerprint density at radius 3 is 3.31 bits per heavy atom. The molecule has 1 aliphatic rings. The first-order chi connectivity index (χ1) is 7.83. The molecule has 3 nitrogen and oxygen atoms in total. The van der Waals surface area contributed by atoms with Gasteiger partial charge in [0.15, 0.2) is 0 Å². The van der Waals surface area contributed by atoms with E-state index >= 15 is 0 Å². The van der Waals surface area contributed by atoms with Gasteiger partial charge in [0.25, 0.3) is 0 Å². The summed E-state index contributed by atoms with van der Waals surface area (Å²) in [6.45, 7) is 0.761. The van der Waals surface area contributed by atoms with Crippen molar-refractivity contribution in [2.75, 3.05) is 13.6 Å². The smallest absolute Gasteiger partial charge is 0.143 e. The van der Waals surface area contributed by atoms with E-state index in [9.17, 15) is 4.79 Å². The lowest BCUT2D eigenvalue weighted by molar-refractivity contribution is -0.120. The van der Waals surface area contributed by atoms with Gasteiger partial charge in [-0.15, -0.1) is 0 Å². The number of fused-ring (bicyclic) bond motifs is 1. The summed E-state index contributed by atoms with van der Waals surface area (Å²) >= 11 is 0. The molecule has 16 heavy (non-hydrogen) atoms. The summed E-state index contributed by atoms with van der Waals surface area (Å²) in [6, 6.07) is 4.05. The van der Waals surface area contributed by atoms with Crippen LogP contribution < -0.4 is 5.32 Å².